The van der Waals surface area contributed by atoms with Crippen molar-refractivity contribution in [3.8, 4) is 0 Å². The molecule has 1 unspecified atom stereocenters. The zero-order valence-electron chi connectivity index (χ0n) is 17.6. The van der Waals surface area contributed by atoms with Crippen molar-refractivity contribution < 1.29 is 14.1 Å². The normalized spacial score (nSPS) is 15.8. The summed E-state index contributed by atoms with van der Waals surface area (Å²) < 4.78 is 5.36. The molecule has 1 aliphatic rings. The highest BCUT2D eigenvalue weighted by Crippen LogP contribution is 2.31. The number of likely N-dealkylation sites (tertiary alicyclic amines) is 1. The van der Waals surface area contributed by atoms with Crippen LogP contribution in [0, 0.1) is 6.92 Å². The number of aromatic nitrogens is 2. The fourth-order valence-corrected chi connectivity index (χ4v) is 3.84. The fourth-order valence-electron chi connectivity index (χ4n) is 3.84. The van der Waals surface area contributed by atoms with Crippen molar-refractivity contribution in [1.29, 1.82) is 0 Å². The molecule has 7 nitrogen and oxygen atoms in total. The van der Waals surface area contributed by atoms with E-state index >= 15 is 0 Å². The molecular weight excluding hydrogens is 392 g/mol. The maximum atomic E-state index is 12.9. The average molecular weight is 418 g/mol. The molecule has 2 heterocycles. The van der Waals surface area contributed by atoms with E-state index in [1.54, 1.807) is 4.90 Å². The molecule has 7 heteroatoms. The molecule has 1 saturated heterocycles. The lowest BCUT2D eigenvalue weighted by molar-refractivity contribution is -0.121. The lowest BCUT2D eigenvalue weighted by Crippen LogP contribution is -2.31. The van der Waals surface area contributed by atoms with E-state index < -0.39 is 0 Å². The summed E-state index contributed by atoms with van der Waals surface area (Å²) in [4.78, 5) is 31.3. The van der Waals surface area contributed by atoms with Crippen molar-refractivity contribution in [3.05, 3.63) is 83.0 Å². The summed E-state index contributed by atoms with van der Waals surface area (Å²) in [7, 11) is 0. The van der Waals surface area contributed by atoms with Crippen LogP contribution in [0.5, 0.6) is 0 Å². The topological polar surface area (TPSA) is 88.3 Å². The Balaban J connectivity index is 1.32. The second-order valence-corrected chi connectivity index (χ2v) is 7.77. The quantitative estimate of drug-likeness (QED) is 0.633. The number of nitrogens with zero attached hydrogens (tertiary/aromatic N) is 3. The van der Waals surface area contributed by atoms with Gasteiger partial charge in [0.1, 0.15) is 0 Å². The predicted molar refractivity (Wildman–Crippen MR) is 115 cm³/mol. The molecule has 1 aromatic heterocycles. The van der Waals surface area contributed by atoms with Crippen LogP contribution < -0.4 is 5.32 Å². The Morgan fingerprint density at radius 1 is 1.13 bits per heavy atom. The summed E-state index contributed by atoms with van der Waals surface area (Å²) in [6, 6.07) is 17.0. The van der Waals surface area contributed by atoms with Crippen LogP contribution in [0.3, 0.4) is 0 Å². The minimum absolute atomic E-state index is 0.0231. The van der Waals surface area contributed by atoms with Gasteiger partial charge in [0.2, 0.25) is 11.8 Å². The number of carbonyl (C=O) groups excluding carboxylic acids is 2. The van der Waals surface area contributed by atoms with Gasteiger partial charge in [-0.2, -0.15) is 4.98 Å². The molecule has 0 saturated carbocycles. The SMILES string of the molecule is Cc1ccccc1CNC(=O)CCc1nc(C2CCCN2C(=O)c2ccccc2)no1. The van der Waals surface area contributed by atoms with E-state index in [2.05, 4.69) is 15.5 Å². The van der Waals surface area contributed by atoms with E-state index in [9.17, 15) is 9.59 Å². The van der Waals surface area contributed by atoms with Gasteiger partial charge in [-0.3, -0.25) is 9.59 Å². The monoisotopic (exact) mass is 418 g/mol. The standard InChI is InChI=1S/C24H26N4O3/c1-17-8-5-6-11-19(17)16-25-21(29)13-14-22-26-23(27-31-22)20-12-7-15-28(20)24(30)18-9-3-2-4-10-18/h2-6,8-11,20H,7,12-16H2,1H3,(H,25,29). The van der Waals surface area contributed by atoms with E-state index in [1.165, 1.54) is 0 Å². The Morgan fingerprint density at radius 2 is 1.90 bits per heavy atom. The number of aryl methyl sites for hydroxylation is 2. The fraction of sp³-hybridized carbons (Fsp3) is 0.333. The summed E-state index contributed by atoms with van der Waals surface area (Å²) in [5, 5.41) is 7.03. The van der Waals surface area contributed by atoms with Gasteiger partial charge in [0, 0.05) is 31.5 Å². The molecule has 1 atom stereocenters. The Bertz CT molecular complexity index is 1050. The summed E-state index contributed by atoms with van der Waals surface area (Å²) in [5.41, 5.74) is 2.90. The van der Waals surface area contributed by atoms with Crippen LogP contribution in [0.15, 0.2) is 59.1 Å². The molecule has 0 bridgehead atoms. The van der Waals surface area contributed by atoms with Gasteiger partial charge in [-0.25, -0.2) is 0 Å². The molecule has 1 aliphatic heterocycles. The van der Waals surface area contributed by atoms with Gasteiger partial charge in [-0.1, -0.05) is 47.6 Å². The Kier molecular flexibility index (Phi) is 6.40. The summed E-state index contributed by atoms with van der Waals surface area (Å²) in [6.45, 7) is 3.19. The van der Waals surface area contributed by atoms with Gasteiger partial charge in [0.05, 0.1) is 6.04 Å². The summed E-state index contributed by atoms with van der Waals surface area (Å²) in [5.74, 6) is 0.840. The van der Waals surface area contributed by atoms with Crippen LogP contribution in [0.2, 0.25) is 0 Å². The van der Waals surface area contributed by atoms with Gasteiger partial charge < -0.3 is 14.7 Å². The number of amides is 2. The minimum atomic E-state index is -0.194. The molecule has 160 valence electrons. The first-order valence-corrected chi connectivity index (χ1v) is 10.6. The van der Waals surface area contributed by atoms with Crippen LogP contribution in [0.25, 0.3) is 0 Å². The van der Waals surface area contributed by atoms with Crippen LogP contribution in [-0.2, 0) is 17.8 Å². The molecule has 3 aromatic rings. The average Bonchev–Trinajstić information content (AvgIpc) is 3.46. The highest BCUT2D eigenvalue weighted by atomic mass is 16.5. The predicted octanol–water partition coefficient (Wildman–Crippen LogP) is 3.60. The summed E-state index contributed by atoms with van der Waals surface area (Å²) >= 11 is 0. The van der Waals surface area contributed by atoms with Crippen molar-refractivity contribution >= 4 is 11.8 Å². The first kappa shape index (κ1) is 20.8. The van der Waals surface area contributed by atoms with E-state index in [-0.39, 0.29) is 24.3 Å². The molecule has 2 aromatic carbocycles. The van der Waals surface area contributed by atoms with E-state index in [4.69, 9.17) is 4.52 Å². The number of rotatable bonds is 7. The van der Waals surface area contributed by atoms with E-state index in [0.29, 0.717) is 36.8 Å². The van der Waals surface area contributed by atoms with Crippen molar-refractivity contribution in [2.45, 2.75) is 45.2 Å². The second kappa shape index (κ2) is 9.55. The molecule has 1 fully saturated rings. The van der Waals surface area contributed by atoms with Crippen molar-refractivity contribution in [2.75, 3.05) is 6.54 Å². The van der Waals surface area contributed by atoms with E-state index in [1.807, 2.05) is 61.5 Å². The molecule has 2 amide bonds. The lowest BCUT2D eigenvalue weighted by atomic mass is 10.1. The van der Waals surface area contributed by atoms with Crippen molar-refractivity contribution in [2.24, 2.45) is 0 Å². The first-order valence-electron chi connectivity index (χ1n) is 10.6. The molecule has 31 heavy (non-hydrogen) atoms. The van der Waals surface area contributed by atoms with Crippen LogP contribution in [-0.4, -0.2) is 33.4 Å². The number of hydrogen-bond acceptors (Lipinski definition) is 5. The van der Waals surface area contributed by atoms with Crippen molar-refractivity contribution in [3.63, 3.8) is 0 Å². The first-order chi connectivity index (χ1) is 15.1. The largest absolute Gasteiger partial charge is 0.352 e. The Labute approximate surface area is 181 Å². The number of hydrogen-bond donors (Lipinski definition) is 1. The zero-order chi connectivity index (χ0) is 21.6. The highest BCUT2D eigenvalue weighted by Gasteiger charge is 2.33. The second-order valence-electron chi connectivity index (χ2n) is 7.77. The molecule has 1 N–H and O–H groups in total. The number of nitrogens with one attached hydrogen (secondary N) is 1. The molecule has 0 radical (unpaired) electrons. The molecular formula is C24H26N4O3. The van der Waals surface area contributed by atoms with Gasteiger partial charge in [0.25, 0.3) is 5.91 Å². The van der Waals surface area contributed by atoms with Crippen LogP contribution in [0.4, 0.5) is 0 Å². The summed E-state index contributed by atoms with van der Waals surface area (Å²) in [6.07, 6.45) is 2.33. The lowest BCUT2D eigenvalue weighted by Gasteiger charge is -2.22. The molecule has 4 rings (SSSR count). The Hall–Kier alpha value is -3.48. The van der Waals surface area contributed by atoms with Gasteiger partial charge in [-0.05, 0) is 43.0 Å². The third kappa shape index (κ3) is 4.99. The van der Waals surface area contributed by atoms with Gasteiger partial charge in [-0.15, -0.1) is 0 Å². The van der Waals surface area contributed by atoms with Crippen LogP contribution in [0.1, 0.15) is 58.5 Å². The Morgan fingerprint density at radius 3 is 2.71 bits per heavy atom. The van der Waals surface area contributed by atoms with Crippen molar-refractivity contribution in [1.82, 2.24) is 20.4 Å². The number of carbonyl (C=O) groups is 2. The molecule has 0 aliphatic carbocycles. The van der Waals surface area contributed by atoms with Gasteiger partial charge >= 0.3 is 0 Å². The smallest absolute Gasteiger partial charge is 0.254 e. The zero-order valence-corrected chi connectivity index (χ0v) is 17.6. The minimum Gasteiger partial charge on any atom is -0.352 e. The third-order valence-corrected chi connectivity index (χ3v) is 5.62. The van der Waals surface area contributed by atoms with Crippen LogP contribution >= 0.6 is 0 Å². The van der Waals surface area contributed by atoms with Gasteiger partial charge in [0.15, 0.2) is 5.82 Å². The van der Waals surface area contributed by atoms with E-state index in [0.717, 1.165) is 24.0 Å². The number of benzene rings is 2. The maximum absolute atomic E-state index is 12.9. The highest BCUT2D eigenvalue weighted by molar-refractivity contribution is 5.94. The third-order valence-electron chi connectivity index (χ3n) is 5.62. The maximum Gasteiger partial charge on any atom is 0.254 e. The molecule has 0 spiro atoms.